The highest BCUT2D eigenvalue weighted by Gasteiger charge is 2.35. The molecule has 0 fully saturated rings. The van der Waals surface area contributed by atoms with Gasteiger partial charge in [-0.1, -0.05) is 42.3 Å². The summed E-state index contributed by atoms with van der Waals surface area (Å²) < 4.78 is 15.1. The maximum atomic E-state index is 13.2. The molecule has 1 aliphatic rings. The summed E-state index contributed by atoms with van der Waals surface area (Å²) in [6, 6.07) is 13.7. The Morgan fingerprint density at radius 1 is 1.21 bits per heavy atom. The first-order chi connectivity index (χ1) is 13.4. The molecule has 144 valence electrons. The molecule has 4 rings (SSSR count). The Morgan fingerprint density at radius 3 is 2.64 bits per heavy atom. The maximum absolute atomic E-state index is 13.2. The van der Waals surface area contributed by atoms with Gasteiger partial charge in [0.15, 0.2) is 0 Å². The van der Waals surface area contributed by atoms with E-state index >= 15 is 0 Å². The minimum Gasteiger partial charge on any atom is -0.388 e. The van der Waals surface area contributed by atoms with E-state index in [0.717, 1.165) is 28.9 Å². The molecule has 3 aromatic rings. The molecule has 0 saturated heterocycles. The molecule has 0 saturated carbocycles. The average molecular weight is 397 g/mol. The molecular weight excluding hydrogens is 375 g/mol. The topological polar surface area (TPSA) is 38.0 Å². The van der Waals surface area contributed by atoms with Gasteiger partial charge in [-0.05, 0) is 72.7 Å². The van der Waals surface area contributed by atoms with Crippen LogP contribution in [0.1, 0.15) is 43.2 Å². The van der Waals surface area contributed by atoms with Gasteiger partial charge in [0.2, 0.25) is 0 Å². The smallest absolute Gasteiger partial charge is 0.123 e. The monoisotopic (exact) mass is 396 g/mol. The van der Waals surface area contributed by atoms with Crippen LogP contribution in [0.2, 0.25) is 5.02 Å². The number of hydrogen-bond donors (Lipinski definition) is 1. The number of fused-ring (bicyclic) bond motifs is 1. The Hall–Kier alpha value is -2.43. The van der Waals surface area contributed by atoms with Crippen molar-refractivity contribution in [3.8, 4) is 5.69 Å². The molecule has 0 bridgehead atoms. The lowest BCUT2D eigenvalue weighted by Gasteiger charge is -2.36. The fourth-order valence-electron chi connectivity index (χ4n) is 3.92. The van der Waals surface area contributed by atoms with Crippen LogP contribution in [0.15, 0.2) is 60.3 Å². The van der Waals surface area contributed by atoms with Crippen LogP contribution in [0, 0.1) is 11.2 Å². The Morgan fingerprint density at radius 2 is 1.93 bits per heavy atom. The van der Waals surface area contributed by atoms with E-state index in [-0.39, 0.29) is 11.2 Å². The van der Waals surface area contributed by atoms with E-state index in [0.29, 0.717) is 11.4 Å². The summed E-state index contributed by atoms with van der Waals surface area (Å²) in [7, 11) is 0. The number of allylic oxidation sites excluding steroid dienone is 1. The van der Waals surface area contributed by atoms with Crippen LogP contribution in [-0.2, 0) is 6.42 Å². The van der Waals surface area contributed by atoms with Crippen LogP contribution in [0.3, 0.4) is 0 Å². The zero-order valence-corrected chi connectivity index (χ0v) is 16.6. The Balaban J connectivity index is 1.63. The Labute approximate surface area is 169 Å². The Bertz CT molecular complexity index is 1040. The van der Waals surface area contributed by atoms with E-state index < -0.39 is 6.10 Å². The van der Waals surface area contributed by atoms with Gasteiger partial charge < -0.3 is 5.11 Å². The van der Waals surface area contributed by atoms with E-state index in [9.17, 15) is 9.50 Å². The molecule has 2 aromatic carbocycles. The van der Waals surface area contributed by atoms with Crippen LogP contribution < -0.4 is 0 Å². The van der Waals surface area contributed by atoms with Crippen LogP contribution in [-0.4, -0.2) is 14.9 Å². The molecule has 1 aliphatic carbocycles. The highest BCUT2D eigenvalue weighted by Crippen LogP contribution is 2.45. The third kappa shape index (κ3) is 3.38. The summed E-state index contributed by atoms with van der Waals surface area (Å²) in [5, 5.41) is 15.9. The quantitative estimate of drug-likeness (QED) is 0.609. The van der Waals surface area contributed by atoms with Crippen LogP contribution in [0.4, 0.5) is 4.39 Å². The van der Waals surface area contributed by atoms with Gasteiger partial charge in [0.25, 0.3) is 0 Å². The standard InChI is InChI=1S/C23H22ClFN2O/c1-15-11-21-16(14-26-27(21)18-9-7-17(25)8-10-18)12-23(15,2)13-22(28)19-5-3-4-6-20(19)24/h3-11,14,22,28H,12-13H2,1-2H3/t22?,23-/m1/s1. The van der Waals surface area contributed by atoms with E-state index in [1.165, 1.54) is 17.7 Å². The molecule has 0 aliphatic heterocycles. The molecule has 2 atom stereocenters. The van der Waals surface area contributed by atoms with E-state index in [1.807, 2.05) is 29.1 Å². The number of halogens is 2. The number of rotatable bonds is 4. The SMILES string of the molecule is CC1=Cc2c(cnn2-c2ccc(F)cc2)C[C@]1(C)CC(O)c1ccccc1Cl. The van der Waals surface area contributed by atoms with Crippen molar-refractivity contribution < 1.29 is 9.50 Å². The lowest BCUT2D eigenvalue weighted by atomic mass is 9.70. The predicted octanol–water partition coefficient (Wildman–Crippen LogP) is 5.75. The minimum absolute atomic E-state index is 0.206. The normalized spacial score (nSPS) is 19.8. The molecule has 1 heterocycles. The number of aliphatic hydroxyl groups is 1. The van der Waals surface area contributed by atoms with Crippen molar-refractivity contribution in [1.82, 2.24) is 9.78 Å². The second-order valence-corrected chi connectivity index (χ2v) is 8.16. The average Bonchev–Trinajstić information content (AvgIpc) is 3.05. The number of nitrogens with zero attached hydrogens (tertiary/aromatic N) is 2. The molecule has 0 spiro atoms. The predicted molar refractivity (Wildman–Crippen MR) is 110 cm³/mol. The lowest BCUT2D eigenvalue weighted by Crippen LogP contribution is -2.27. The van der Waals surface area contributed by atoms with E-state index in [4.69, 9.17) is 11.6 Å². The number of benzene rings is 2. The summed E-state index contributed by atoms with van der Waals surface area (Å²) in [5.74, 6) is -0.266. The summed E-state index contributed by atoms with van der Waals surface area (Å²) >= 11 is 6.27. The van der Waals surface area contributed by atoms with Crippen LogP contribution in [0.25, 0.3) is 11.8 Å². The van der Waals surface area contributed by atoms with Gasteiger partial charge >= 0.3 is 0 Å². The largest absolute Gasteiger partial charge is 0.388 e. The first-order valence-corrected chi connectivity index (χ1v) is 9.69. The molecule has 1 unspecified atom stereocenters. The summed E-state index contributed by atoms with van der Waals surface area (Å²) in [5.41, 5.74) is 4.67. The zero-order chi connectivity index (χ0) is 19.9. The first kappa shape index (κ1) is 18.9. The third-order valence-corrected chi connectivity index (χ3v) is 6.10. The molecule has 0 amide bonds. The van der Waals surface area contributed by atoms with Gasteiger partial charge in [-0.2, -0.15) is 5.10 Å². The van der Waals surface area contributed by atoms with Crippen LogP contribution >= 0.6 is 11.6 Å². The summed E-state index contributed by atoms with van der Waals surface area (Å²) in [6.45, 7) is 4.25. The van der Waals surface area contributed by atoms with Gasteiger partial charge in [-0.25, -0.2) is 9.07 Å². The molecule has 3 nitrogen and oxygen atoms in total. The highest BCUT2D eigenvalue weighted by atomic mass is 35.5. The molecule has 5 heteroatoms. The van der Waals surface area contributed by atoms with Gasteiger partial charge in [-0.15, -0.1) is 0 Å². The van der Waals surface area contributed by atoms with Crippen molar-refractivity contribution in [3.05, 3.63) is 88.0 Å². The minimum atomic E-state index is -0.643. The van der Waals surface area contributed by atoms with E-state index in [1.54, 1.807) is 18.2 Å². The van der Waals surface area contributed by atoms with Crippen LogP contribution in [0.5, 0.6) is 0 Å². The van der Waals surface area contributed by atoms with Gasteiger partial charge in [-0.3, -0.25) is 0 Å². The van der Waals surface area contributed by atoms with Crippen molar-refractivity contribution in [2.45, 2.75) is 32.8 Å². The maximum Gasteiger partial charge on any atom is 0.123 e. The molecular formula is C23H22ClFN2O. The van der Waals surface area contributed by atoms with Crippen molar-refractivity contribution in [1.29, 1.82) is 0 Å². The molecule has 0 radical (unpaired) electrons. The fraction of sp³-hybridized carbons (Fsp3) is 0.261. The van der Waals surface area contributed by atoms with Gasteiger partial charge in [0, 0.05) is 5.02 Å². The first-order valence-electron chi connectivity index (χ1n) is 9.31. The van der Waals surface area contributed by atoms with Gasteiger partial charge in [0.05, 0.1) is 23.7 Å². The number of hydrogen-bond acceptors (Lipinski definition) is 2. The van der Waals surface area contributed by atoms with Crippen molar-refractivity contribution in [2.24, 2.45) is 5.41 Å². The number of aromatic nitrogens is 2. The highest BCUT2D eigenvalue weighted by molar-refractivity contribution is 6.31. The molecule has 28 heavy (non-hydrogen) atoms. The van der Waals surface area contributed by atoms with E-state index in [2.05, 4.69) is 25.0 Å². The third-order valence-electron chi connectivity index (χ3n) is 5.75. The Kier molecular flexibility index (Phi) is 4.86. The molecule has 1 aromatic heterocycles. The van der Waals surface area contributed by atoms with Crippen molar-refractivity contribution in [2.75, 3.05) is 0 Å². The van der Waals surface area contributed by atoms with Crippen molar-refractivity contribution >= 4 is 17.7 Å². The molecule has 1 N–H and O–H groups in total. The second-order valence-electron chi connectivity index (χ2n) is 7.75. The fourth-order valence-corrected chi connectivity index (χ4v) is 4.19. The summed E-state index contributed by atoms with van der Waals surface area (Å²) in [4.78, 5) is 0. The second kappa shape index (κ2) is 7.19. The van der Waals surface area contributed by atoms with Gasteiger partial charge in [0.1, 0.15) is 5.82 Å². The number of aliphatic hydroxyl groups excluding tert-OH is 1. The lowest BCUT2D eigenvalue weighted by molar-refractivity contribution is 0.121. The zero-order valence-electron chi connectivity index (χ0n) is 15.9. The summed E-state index contributed by atoms with van der Waals surface area (Å²) in [6.07, 6.45) is 4.68. The van der Waals surface area contributed by atoms with Crippen molar-refractivity contribution in [3.63, 3.8) is 0 Å².